The third-order valence-electron chi connectivity index (χ3n) is 4.35. The minimum Gasteiger partial charge on any atom is -0.347 e. The van der Waals surface area contributed by atoms with Gasteiger partial charge in [0.25, 0.3) is 5.91 Å². The highest BCUT2D eigenvalue weighted by Crippen LogP contribution is 2.13. The van der Waals surface area contributed by atoms with Crippen molar-refractivity contribution in [1.82, 2.24) is 10.3 Å². The number of rotatable bonds is 5. The van der Waals surface area contributed by atoms with Gasteiger partial charge in [0.1, 0.15) is 11.8 Å². The third kappa shape index (κ3) is 5.42. The van der Waals surface area contributed by atoms with Gasteiger partial charge in [-0.3, -0.25) is 4.79 Å². The molecule has 1 aromatic heterocycles. The Bertz CT molecular complexity index is 1130. The van der Waals surface area contributed by atoms with Crippen LogP contribution in [-0.4, -0.2) is 16.9 Å². The van der Waals surface area contributed by atoms with Gasteiger partial charge in [0.2, 0.25) is 0 Å². The second-order valence-corrected chi connectivity index (χ2v) is 6.77. The zero-order valence-corrected chi connectivity index (χ0v) is 16.7. The molecule has 0 unspecified atom stereocenters. The lowest BCUT2D eigenvalue weighted by atomic mass is 10.2. The van der Waals surface area contributed by atoms with Crippen LogP contribution in [0.15, 0.2) is 60.7 Å². The fourth-order valence-electron chi connectivity index (χ4n) is 2.85. The number of benzene rings is 2. The van der Waals surface area contributed by atoms with Gasteiger partial charge in [0.15, 0.2) is 0 Å². The monoisotopic (exact) mass is 399 g/mol. The van der Waals surface area contributed by atoms with Crippen LogP contribution in [0.2, 0.25) is 0 Å². The van der Waals surface area contributed by atoms with Gasteiger partial charge in [-0.15, -0.1) is 0 Å². The van der Waals surface area contributed by atoms with Gasteiger partial charge in [-0.2, -0.15) is 5.26 Å². The first kappa shape index (κ1) is 20.6. The molecule has 3 aromatic rings. The fraction of sp³-hybridized carbons (Fsp3) is 0.130. The number of hydrogen-bond donors (Lipinski definition) is 3. The standard InChI is InChI=1S/C23H21N5O2/c1-15-5-3-7-19(11-15)27-23(30)28-20-8-4-6-17(12-20)14-25-22(29)21-10-9-18(13-24)16(2)26-21/h3-12H,14H2,1-2H3,(H,25,29)(H2,27,28,30). The van der Waals surface area contributed by atoms with E-state index < -0.39 is 0 Å². The summed E-state index contributed by atoms with van der Waals surface area (Å²) in [6.07, 6.45) is 0. The molecule has 7 heteroatoms. The van der Waals surface area contributed by atoms with E-state index in [9.17, 15) is 9.59 Å². The predicted octanol–water partition coefficient (Wildman–Crippen LogP) is 4.14. The number of amides is 3. The smallest absolute Gasteiger partial charge is 0.323 e. The van der Waals surface area contributed by atoms with Gasteiger partial charge < -0.3 is 16.0 Å². The Morgan fingerprint density at radius 1 is 0.967 bits per heavy atom. The van der Waals surface area contributed by atoms with E-state index in [4.69, 9.17) is 5.26 Å². The molecule has 0 aliphatic carbocycles. The Balaban J connectivity index is 1.58. The maximum absolute atomic E-state index is 12.3. The summed E-state index contributed by atoms with van der Waals surface area (Å²) in [7, 11) is 0. The second-order valence-electron chi connectivity index (χ2n) is 6.77. The van der Waals surface area contributed by atoms with Gasteiger partial charge in [0.05, 0.1) is 11.3 Å². The summed E-state index contributed by atoms with van der Waals surface area (Å²) in [6, 6.07) is 19.5. The van der Waals surface area contributed by atoms with Crippen LogP contribution in [0.1, 0.15) is 32.9 Å². The summed E-state index contributed by atoms with van der Waals surface area (Å²) in [4.78, 5) is 28.7. The van der Waals surface area contributed by atoms with Crippen molar-refractivity contribution >= 4 is 23.3 Å². The van der Waals surface area contributed by atoms with Crippen molar-refractivity contribution in [3.05, 3.63) is 88.7 Å². The quantitative estimate of drug-likeness (QED) is 0.599. The van der Waals surface area contributed by atoms with Gasteiger partial charge >= 0.3 is 6.03 Å². The molecular weight excluding hydrogens is 378 g/mol. The van der Waals surface area contributed by atoms with Crippen molar-refractivity contribution in [3.8, 4) is 6.07 Å². The minimum atomic E-state index is -0.348. The zero-order valence-electron chi connectivity index (χ0n) is 16.7. The number of pyridine rings is 1. The molecule has 0 bridgehead atoms. The lowest BCUT2D eigenvalue weighted by Gasteiger charge is -2.10. The molecule has 3 rings (SSSR count). The largest absolute Gasteiger partial charge is 0.347 e. The van der Waals surface area contributed by atoms with Gasteiger partial charge in [-0.25, -0.2) is 9.78 Å². The number of aryl methyl sites for hydroxylation is 2. The van der Waals surface area contributed by atoms with Crippen LogP contribution in [-0.2, 0) is 6.54 Å². The molecular formula is C23H21N5O2. The molecule has 0 spiro atoms. The lowest BCUT2D eigenvalue weighted by molar-refractivity contribution is 0.0945. The van der Waals surface area contributed by atoms with Crippen LogP contribution in [0.4, 0.5) is 16.2 Å². The van der Waals surface area contributed by atoms with E-state index in [1.807, 2.05) is 43.3 Å². The maximum atomic E-state index is 12.3. The van der Waals surface area contributed by atoms with Crippen molar-refractivity contribution in [2.24, 2.45) is 0 Å². The van der Waals surface area contributed by atoms with Crippen molar-refractivity contribution in [1.29, 1.82) is 5.26 Å². The average molecular weight is 399 g/mol. The van der Waals surface area contributed by atoms with Crippen LogP contribution in [0.25, 0.3) is 0 Å². The van der Waals surface area contributed by atoms with Crippen LogP contribution in [0.3, 0.4) is 0 Å². The summed E-state index contributed by atoms with van der Waals surface area (Å²) in [5.41, 5.74) is 4.39. The van der Waals surface area contributed by atoms with Crippen molar-refractivity contribution in [2.75, 3.05) is 10.6 Å². The summed E-state index contributed by atoms with van der Waals surface area (Å²) < 4.78 is 0. The lowest BCUT2D eigenvalue weighted by Crippen LogP contribution is -2.24. The Hall–Kier alpha value is -4.18. The number of carbonyl (C=O) groups is 2. The first-order valence-corrected chi connectivity index (χ1v) is 9.34. The minimum absolute atomic E-state index is 0.248. The Labute approximate surface area is 174 Å². The molecule has 7 nitrogen and oxygen atoms in total. The van der Waals surface area contributed by atoms with Crippen molar-refractivity contribution in [2.45, 2.75) is 20.4 Å². The molecule has 0 radical (unpaired) electrons. The number of hydrogen-bond acceptors (Lipinski definition) is 4. The molecule has 0 aliphatic heterocycles. The molecule has 0 saturated carbocycles. The highest BCUT2D eigenvalue weighted by Gasteiger charge is 2.10. The summed E-state index contributed by atoms with van der Waals surface area (Å²) in [5, 5.41) is 17.3. The van der Waals surface area contributed by atoms with E-state index in [1.54, 1.807) is 31.2 Å². The van der Waals surface area contributed by atoms with Crippen LogP contribution in [0, 0.1) is 25.2 Å². The molecule has 30 heavy (non-hydrogen) atoms. The number of aromatic nitrogens is 1. The van der Waals surface area contributed by atoms with E-state index in [-0.39, 0.29) is 24.2 Å². The van der Waals surface area contributed by atoms with E-state index >= 15 is 0 Å². The van der Waals surface area contributed by atoms with E-state index in [2.05, 4.69) is 20.9 Å². The number of anilines is 2. The molecule has 0 fully saturated rings. The highest BCUT2D eigenvalue weighted by molar-refractivity contribution is 5.99. The Morgan fingerprint density at radius 2 is 1.67 bits per heavy atom. The van der Waals surface area contributed by atoms with Crippen molar-refractivity contribution < 1.29 is 9.59 Å². The van der Waals surface area contributed by atoms with Gasteiger partial charge in [-0.05, 0) is 61.4 Å². The molecule has 150 valence electrons. The molecule has 3 N–H and O–H groups in total. The number of carbonyl (C=O) groups excluding carboxylic acids is 2. The van der Waals surface area contributed by atoms with Gasteiger partial charge in [0, 0.05) is 17.9 Å². The second kappa shape index (κ2) is 9.34. The molecule has 0 atom stereocenters. The normalized spacial score (nSPS) is 10.0. The molecule has 0 saturated heterocycles. The molecule has 0 aliphatic rings. The van der Waals surface area contributed by atoms with Gasteiger partial charge in [-0.1, -0.05) is 24.3 Å². The fourth-order valence-corrected chi connectivity index (χ4v) is 2.85. The SMILES string of the molecule is Cc1cccc(NC(=O)Nc2cccc(CNC(=O)c3ccc(C#N)c(C)n3)c2)c1. The topological polar surface area (TPSA) is 107 Å². The highest BCUT2D eigenvalue weighted by atomic mass is 16.2. The summed E-state index contributed by atoms with van der Waals surface area (Å²) in [5.74, 6) is -0.335. The zero-order chi connectivity index (χ0) is 21.5. The first-order valence-electron chi connectivity index (χ1n) is 9.34. The number of nitriles is 1. The average Bonchev–Trinajstić information content (AvgIpc) is 2.72. The molecule has 2 aromatic carbocycles. The summed E-state index contributed by atoms with van der Waals surface area (Å²) >= 11 is 0. The third-order valence-corrected chi connectivity index (χ3v) is 4.35. The van der Waals surface area contributed by atoms with Crippen LogP contribution < -0.4 is 16.0 Å². The number of nitrogens with zero attached hydrogens (tertiary/aromatic N) is 2. The Kier molecular flexibility index (Phi) is 6.40. The number of urea groups is 1. The summed E-state index contributed by atoms with van der Waals surface area (Å²) in [6.45, 7) is 3.91. The molecule has 3 amide bonds. The first-order chi connectivity index (χ1) is 14.4. The maximum Gasteiger partial charge on any atom is 0.323 e. The molecule has 1 heterocycles. The van der Waals surface area contributed by atoms with E-state index in [1.165, 1.54) is 6.07 Å². The predicted molar refractivity (Wildman–Crippen MR) is 115 cm³/mol. The van der Waals surface area contributed by atoms with Crippen LogP contribution in [0.5, 0.6) is 0 Å². The van der Waals surface area contributed by atoms with E-state index in [0.717, 1.165) is 11.1 Å². The number of nitrogens with one attached hydrogen (secondary N) is 3. The van der Waals surface area contributed by atoms with E-state index in [0.29, 0.717) is 22.6 Å². The Morgan fingerprint density at radius 3 is 2.33 bits per heavy atom. The van der Waals surface area contributed by atoms with Crippen LogP contribution >= 0.6 is 0 Å². The van der Waals surface area contributed by atoms with Crippen molar-refractivity contribution in [3.63, 3.8) is 0 Å².